The molecular formula is C12H11N7O. The molecule has 0 spiro atoms. The molecule has 0 aliphatic heterocycles. The Morgan fingerprint density at radius 2 is 2.00 bits per heavy atom. The molecule has 0 bridgehead atoms. The summed E-state index contributed by atoms with van der Waals surface area (Å²) in [6.45, 7) is 3.68. The van der Waals surface area contributed by atoms with Gasteiger partial charge < -0.3 is 10.5 Å². The predicted octanol–water partition coefficient (Wildman–Crippen LogP) is 0.775. The number of imidazole rings is 1. The van der Waals surface area contributed by atoms with E-state index in [1.807, 2.05) is 26.0 Å². The summed E-state index contributed by atoms with van der Waals surface area (Å²) in [7, 11) is 0. The monoisotopic (exact) mass is 269 g/mol. The molecule has 0 unspecified atom stereocenters. The molecule has 2 rings (SSSR count). The maximum atomic E-state index is 9.11. The highest BCUT2D eigenvalue weighted by Gasteiger charge is 2.17. The second-order valence-electron chi connectivity index (χ2n) is 4.12. The summed E-state index contributed by atoms with van der Waals surface area (Å²) in [6.07, 6.45) is 2.49. The molecule has 0 aliphatic carbocycles. The summed E-state index contributed by atoms with van der Waals surface area (Å²) in [5.74, 6) is 0.474. The Morgan fingerprint density at radius 3 is 2.60 bits per heavy atom. The SMILES string of the molecule is CC(C)Oc1ncnc(-n2cnc(C#N)c2C#N)c1N. The summed E-state index contributed by atoms with van der Waals surface area (Å²) < 4.78 is 6.79. The Morgan fingerprint density at radius 1 is 1.25 bits per heavy atom. The fourth-order valence-corrected chi connectivity index (χ4v) is 1.58. The van der Waals surface area contributed by atoms with E-state index < -0.39 is 0 Å². The molecule has 0 fully saturated rings. The molecular weight excluding hydrogens is 258 g/mol. The van der Waals surface area contributed by atoms with Crippen molar-refractivity contribution in [1.82, 2.24) is 19.5 Å². The molecule has 8 nitrogen and oxygen atoms in total. The topological polar surface area (TPSA) is 126 Å². The third-order valence-corrected chi connectivity index (χ3v) is 2.38. The number of nitrogen functional groups attached to an aromatic ring is 1. The number of anilines is 1. The molecule has 2 N–H and O–H groups in total. The van der Waals surface area contributed by atoms with Crippen LogP contribution in [0, 0.1) is 22.7 Å². The minimum absolute atomic E-state index is 0.0110. The van der Waals surface area contributed by atoms with E-state index in [9.17, 15) is 0 Å². The number of aromatic nitrogens is 4. The molecule has 0 saturated heterocycles. The second kappa shape index (κ2) is 5.24. The van der Waals surface area contributed by atoms with Crippen LogP contribution in [0.3, 0.4) is 0 Å². The Bertz CT molecular complexity index is 720. The normalized spacial score (nSPS) is 10.1. The van der Waals surface area contributed by atoms with Crippen LogP contribution in [0.25, 0.3) is 5.82 Å². The molecule has 0 amide bonds. The van der Waals surface area contributed by atoms with Crippen molar-refractivity contribution in [2.75, 3.05) is 5.73 Å². The lowest BCUT2D eigenvalue weighted by Crippen LogP contribution is -2.12. The van der Waals surface area contributed by atoms with Crippen molar-refractivity contribution in [3.05, 3.63) is 24.0 Å². The highest BCUT2D eigenvalue weighted by atomic mass is 16.5. The zero-order chi connectivity index (χ0) is 14.7. The van der Waals surface area contributed by atoms with E-state index in [1.54, 1.807) is 0 Å². The van der Waals surface area contributed by atoms with Gasteiger partial charge in [0.15, 0.2) is 17.2 Å². The maximum absolute atomic E-state index is 9.11. The van der Waals surface area contributed by atoms with Crippen LogP contribution in [0.2, 0.25) is 0 Å². The van der Waals surface area contributed by atoms with Crippen LogP contribution < -0.4 is 10.5 Å². The average Bonchev–Trinajstić information content (AvgIpc) is 2.83. The number of rotatable bonds is 3. The third kappa shape index (κ3) is 2.22. The van der Waals surface area contributed by atoms with Crippen molar-refractivity contribution < 1.29 is 4.74 Å². The minimum Gasteiger partial charge on any atom is -0.473 e. The molecule has 2 aromatic heterocycles. The molecule has 0 aromatic carbocycles. The van der Waals surface area contributed by atoms with Crippen LogP contribution in [-0.2, 0) is 0 Å². The molecule has 20 heavy (non-hydrogen) atoms. The summed E-state index contributed by atoms with van der Waals surface area (Å²) >= 11 is 0. The average molecular weight is 269 g/mol. The van der Waals surface area contributed by atoms with E-state index in [2.05, 4.69) is 15.0 Å². The van der Waals surface area contributed by atoms with Crippen LogP contribution in [0.5, 0.6) is 5.88 Å². The molecule has 8 heteroatoms. The lowest BCUT2D eigenvalue weighted by Gasteiger charge is -2.13. The fraction of sp³-hybridized carbons (Fsp3) is 0.250. The van der Waals surface area contributed by atoms with Gasteiger partial charge in [0, 0.05) is 0 Å². The van der Waals surface area contributed by atoms with Gasteiger partial charge in [-0.05, 0) is 13.8 Å². The van der Waals surface area contributed by atoms with Crippen molar-refractivity contribution in [2.24, 2.45) is 0 Å². The molecule has 0 aliphatic rings. The lowest BCUT2D eigenvalue weighted by molar-refractivity contribution is 0.233. The summed E-state index contributed by atoms with van der Waals surface area (Å²) in [4.78, 5) is 11.8. The van der Waals surface area contributed by atoms with E-state index in [1.165, 1.54) is 17.2 Å². The lowest BCUT2D eigenvalue weighted by atomic mass is 10.3. The van der Waals surface area contributed by atoms with Gasteiger partial charge in [-0.1, -0.05) is 0 Å². The van der Waals surface area contributed by atoms with Gasteiger partial charge in [-0.25, -0.2) is 9.97 Å². The number of nitrogens with zero attached hydrogens (tertiary/aromatic N) is 6. The first kappa shape index (κ1) is 13.3. The largest absolute Gasteiger partial charge is 0.473 e. The van der Waals surface area contributed by atoms with Gasteiger partial charge in [0.1, 0.15) is 30.5 Å². The Labute approximate surface area is 115 Å². The Hall–Kier alpha value is -3.13. The van der Waals surface area contributed by atoms with Crippen molar-refractivity contribution in [3.8, 4) is 23.8 Å². The van der Waals surface area contributed by atoms with E-state index in [0.717, 1.165) is 0 Å². The van der Waals surface area contributed by atoms with Crippen molar-refractivity contribution >= 4 is 5.69 Å². The third-order valence-electron chi connectivity index (χ3n) is 2.38. The van der Waals surface area contributed by atoms with Crippen LogP contribution in [-0.4, -0.2) is 25.6 Å². The van der Waals surface area contributed by atoms with Gasteiger partial charge in [-0.15, -0.1) is 0 Å². The van der Waals surface area contributed by atoms with Crippen LogP contribution in [0.15, 0.2) is 12.7 Å². The zero-order valence-corrected chi connectivity index (χ0v) is 10.9. The standard InChI is InChI=1S/C12H11N7O/c1-7(2)20-12-10(15)11(16-5-17-12)19-6-18-8(3-13)9(19)4-14/h5-7H,15H2,1-2H3. The molecule has 2 heterocycles. The summed E-state index contributed by atoms with van der Waals surface area (Å²) in [5, 5.41) is 18.0. The van der Waals surface area contributed by atoms with Gasteiger partial charge in [0.25, 0.3) is 0 Å². The molecule has 100 valence electrons. The van der Waals surface area contributed by atoms with Gasteiger partial charge in [-0.2, -0.15) is 15.5 Å². The smallest absolute Gasteiger partial charge is 0.242 e. The number of nitriles is 2. The molecule has 2 aromatic rings. The van der Waals surface area contributed by atoms with E-state index >= 15 is 0 Å². The summed E-state index contributed by atoms with van der Waals surface area (Å²) in [5.41, 5.74) is 6.20. The van der Waals surface area contributed by atoms with Crippen LogP contribution in [0.4, 0.5) is 5.69 Å². The molecule has 0 saturated carbocycles. The highest BCUT2D eigenvalue weighted by Crippen LogP contribution is 2.25. The quantitative estimate of drug-likeness (QED) is 0.871. The fourth-order valence-electron chi connectivity index (χ4n) is 1.58. The molecule has 0 atom stereocenters. The van der Waals surface area contributed by atoms with Gasteiger partial charge in [-0.3, -0.25) is 4.57 Å². The van der Waals surface area contributed by atoms with Crippen LogP contribution >= 0.6 is 0 Å². The Kier molecular flexibility index (Phi) is 3.49. The predicted molar refractivity (Wildman–Crippen MR) is 68.8 cm³/mol. The first-order valence-electron chi connectivity index (χ1n) is 5.73. The zero-order valence-electron chi connectivity index (χ0n) is 10.9. The Balaban J connectivity index is 2.58. The van der Waals surface area contributed by atoms with Gasteiger partial charge in [0.05, 0.1) is 6.10 Å². The van der Waals surface area contributed by atoms with Gasteiger partial charge in [0.2, 0.25) is 5.88 Å². The highest BCUT2D eigenvalue weighted by molar-refractivity contribution is 5.61. The van der Waals surface area contributed by atoms with Crippen LogP contribution in [0.1, 0.15) is 25.2 Å². The van der Waals surface area contributed by atoms with E-state index in [-0.39, 0.29) is 34.9 Å². The van der Waals surface area contributed by atoms with Crippen molar-refractivity contribution in [3.63, 3.8) is 0 Å². The number of ether oxygens (including phenoxy) is 1. The van der Waals surface area contributed by atoms with E-state index in [0.29, 0.717) is 0 Å². The summed E-state index contributed by atoms with van der Waals surface area (Å²) in [6, 6.07) is 3.74. The van der Waals surface area contributed by atoms with Crippen molar-refractivity contribution in [2.45, 2.75) is 20.0 Å². The second-order valence-corrected chi connectivity index (χ2v) is 4.12. The van der Waals surface area contributed by atoms with Crippen molar-refractivity contribution in [1.29, 1.82) is 10.5 Å². The maximum Gasteiger partial charge on any atom is 0.242 e. The van der Waals surface area contributed by atoms with E-state index in [4.69, 9.17) is 21.0 Å². The minimum atomic E-state index is -0.104. The molecule has 0 radical (unpaired) electrons. The number of hydrogen-bond donors (Lipinski definition) is 1. The number of hydrogen-bond acceptors (Lipinski definition) is 7. The first-order chi connectivity index (χ1) is 9.58. The number of nitrogens with two attached hydrogens (primary N) is 1. The van der Waals surface area contributed by atoms with Gasteiger partial charge >= 0.3 is 0 Å². The first-order valence-corrected chi connectivity index (χ1v) is 5.73.